The molecule has 0 radical (unpaired) electrons. The summed E-state index contributed by atoms with van der Waals surface area (Å²) in [5, 5.41) is 0. The minimum Gasteiger partial charge on any atom is -1.00 e. The minimum absolute atomic E-state index is 0. The monoisotopic (exact) mass is 525 g/mol. The van der Waals surface area contributed by atoms with Gasteiger partial charge in [0.15, 0.2) is 0 Å². The van der Waals surface area contributed by atoms with Gasteiger partial charge in [-0.3, -0.25) is 0 Å². The van der Waals surface area contributed by atoms with Gasteiger partial charge in [0.1, 0.15) is 0 Å². The number of hydrogen-bond acceptors (Lipinski definition) is 0. The largest absolute Gasteiger partial charge is 1.00 e. The molecular weight excluding hydrogens is 505 g/mol. The van der Waals surface area contributed by atoms with E-state index in [0.29, 0.717) is 0 Å². The van der Waals surface area contributed by atoms with E-state index in [1.807, 2.05) is 0 Å². The molecule has 30 heavy (non-hydrogen) atoms. The van der Waals surface area contributed by atoms with Crippen LogP contribution in [-0.2, 0) is 18.8 Å². The first-order valence-electron chi connectivity index (χ1n) is 9.80. The molecule has 3 aromatic rings. The van der Waals surface area contributed by atoms with E-state index < -0.39 is 18.8 Å². The second-order valence-electron chi connectivity index (χ2n) is 7.50. The van der Waals surface area contributed by atoms with Crippen LogP contribution in [0, 0.1) is 0 Å². The molecule has 0 N–H and O–H groups in total. The van der Waals surface area contributed by atoms with Crippen LogP contribution in [0.1, 0.15) is 6.42 Å². The quantitative estimate of drug-likeness (QED) is 0.378. The maximum Gasteiger partial charge on any atom is -1.00 e. The van der Waals surface area contributed by atoms with Gasteiger partial charge in [0, 0.05) is 0 Å². The zero-order valence-electron chi connectivity index (χ0n) is 16.5. The van der Waals surface area contributed by atoms with Gasteiger partial charge in [-0.05, 0) is 0 Å². The van der Waals surface area contributed by atoms with E-state index in [-0.39, 0.29) is 24.8 Å². The summed E-state index contributed by atoms with van der Waals surface area (Å²) in [6, 6.07) is 34.1. The summed E-state index contributed by atoms with van der Waals surface area (Å²) in [6.07, 6.45) is 10.5. The molecule has 4 heteroatoms. The summed E-state index contributed by atoms with van der Waals surface area (Å²) in [5.41, 5.74) is 0. The van der Waals surface area contributed by atoms with Crippen LogP contribution in [0.25, 0.3) is 0 Å². The van der Waals surface area contributed by atoms with Gasteiger partial charge in [-0.2, -0.15) is 0 Å². The van der Waals surface area contributed by atoms with Crippen LogP contribution in [0.15, 0.2) is 124 Å². The molecule has 1 aliphatic heterocycles. The van der Waals surface area contributed by atoms with Crippen LogP contribution in [-0.4, -0.2) is 3.00 Å². The molecule has 0 spiro atoms. The Morgan fingerprint density at radius 2 is 1.07 bits per heavy atom. The normalized spacial score (nSPS) is 15.2. The van der Waals surface area contributed by atoms with Crippen molar-refractivity contribution < 1.29 is 43.6 Å². The molecule has 0 aromatic heterocycles. The fraction of sp³-hybridized carbons (Fsp3) is 0.0385. The average Bonchev–Trinajstić information content (AvgIpc) is 3.28. The Hall–Kier alpha value is -1.49. The average molecular weight is 528 g/mol. The third-order valence-corrected chi connectivity index (χ3v) is 28.7. The van der Waals surface area contributed by atoms with Gasteiger partial charge in [-0.15, -0.1) is 0 Å². The third kappa shape index (κ3) is 3.03. The molecule has 0 fully saturated rings. The standard InChI is InChI=1S/3C6H5.C5H5.C3H2P.2ClH.Zr/c3*1-2-4-6-5-3-1;1-2-4-5-3-1;1-2-4-3-1;;;/h3*1-5H;1-3H,4H2;1-2H;2*1H;/q;;;;;;;+2/p-2. The van der Waals surface area contributed by atoms with Gasteiger partial charge < -0.3 is 24.8 Å². The number of allylic oxidation sites excluding steroid dienone is 5. The molecule has 0 atom stereocenters. The molecule has 1 aliphatic carbocycles. The molecule has 0 saturated heterocycles. The zero-order chi connectivity index (χ0) is 18.9. The Kier molecular flexibility index (Phi) is 7.21. The Morgan fingerprint density at radius 3 is 1.37 bits per heavy atom. The van der Waals surface area contributed by atoms with Crippen molar-refractivity contribution in [1.29, 1.82) is 0 Å². The van der Waals surface area contributed by atoms with Crippen molar-refractivity contribution in [3.8, 4) is 0 Å². The Labute approximate surface area is 194 Å². The van der Waals surface area contributed by atoms with E-state index in [4.69, 9.17) is 0 Å². The fourth-order valence-electron chi connectivity index (χ4n) is 5.24. The van der Waals surface area contributed by atoms with E-state index in [1.54, 1.807) is 6.28 Å². The number of benzene rings is 3. The van der Waals surface area contributed by atoms with Crippen LogP contribution in [0.5, 0.6) is 0 Å². The molecule has 2 aliphatic rings. The molecule has 0 saturated carbocycles. The van der Waals surface area contributed by atoms with Gasteiger partial charge in [0.05, 0.1) is 0 Å². The van der Waals surface area contributed by atoms with Crippen molar-refractivity contribution in [3.05, 3.63) is 124 Å². The second-order valence-corrected chi connectivity index (χ2v) is 22.9. The summed E-state index contributed by atoms with van der Waals surface area (Å²) < 4.78 is 7.80. The summed E-state index contributed by atoms with van der Waals surface area (Å²) in [7, 11) is 1.37. The van der Waals surface area contributed by atoms with Gasteiger partial charge in [-0.1, -0.05) is 0 Å². The maximum atomic E-state index is 2.42. The van der Waals surface area contributed by atoms with Gasteiger partial charge in [0.25, 0.3) is 0 Å². The van der Waals surface area contributed by atoms with E-state index in [1.165, 1.54) is 18.0 Å². The van der Waals surface area contributed by atoms with Gasteiger partial charge in [0.2, 0.25) is 0 Å². The fourth-order valence-corrected chi connectivity index (χ4v) is 29.6. The van der Waals surface area contributed by atoms with E-state index in [9.17, 15) is 0 Å². The number of hydrogen-bond donors (Lipinski definition) is 0. The molecule has 149 valence electrons. The van der Waals surface area contributed by atoms with E-state index in [2.05, 4.69) is 121 Å². The van der Waals surface area contributed by atoms with E-state index >= 15 is 0 Å². The first-order chi connectivity index (χ1) is 13.9. The Bertz CT molecular complexity index is 1030. The van der Waals surface area contributed by atoms with E-state index in [0.717, 1.165) is 6.42 Å². The van der Waals surface area contributed by atoms with Crippen molar-refractivity contribution in [2.75, 3.05) is 0 Å². The van der Waals surface area contributed by atoms with Crippen LogP contribution in [0.3, 0.4) is 0 Å². The van der Waals surface area contributed by atoms with Gasteiger partial charge >= 0.3 is 171 Å². The maximum absolute atomic E-state index is 4.25. The van der Waals surface area contributed by atoms with Crippen LogP contribution >= 0.6 is 8.20 Å². The summed E-state index contributed by atoms with van der Waals surface area (Å²) in [6.45, 7) is 0. The summed E-state index contributed by atoms with van der Waals surface area (Å²) in [4.78, 5) is 0. The Morgan fingerprint density at radius 1 is 0.633 bits per heavy atom. The zero-order valence-corrected chi connectivity index (χ0v) is 21.3. The molecular formula is C26H22Cl2PZr. The smallest absolute Gasteiger partial charge is 1.00 e. The molecule has 1 heterocycles. The van der Waals surface area contributed by atoms with Crippen molar-refractivity contribution in [2.24, 2.45) is 0 Å². The van der Waals surface area contributed by atoms with Crippen molar-refractivity contribution in [1.82, 2.24) is 0 Å². The number of halogens is 2. The number of rotatable bonds is 5. The molecule has 3 aromatic carbocycles. The predicted octanol–water partition coefficient (Wildman–Crippen LogP) is -0.892. The predicted molar refractivity (Wildman–Crippen MR) is 121 cm³/mol. The van der Waals surface area contributed by atoms with Crippen LogP contribution in [0.2, 0.25) is 0 Å². The van der Waals surface area contributed by atoms with Crippen molar-refractivity contribution in [2.45, 2.75) is 6.42 Å². The van der Waals surface area contributed by atoms with Gasteiger partial charge in [-0.25, -0.2) is 0 Å². The minimum atomic E-state index is -4.25. The molecule has 0 unspecified atom stereocenters. The summed E-state index contributed by atoms with van der Waals surface area (Å²) in [5.74, 6) is 2.31. The van der Waals surface area contributed by atoms with Crippen molar-refractivity contribution >= 4 is 21.0 Å². The third-order valence-electron chi connectivity index (χ3n) is 6.43. The first kappa shape index (κ1) is 23.2. The molecule has 0 amide bonds. The summed E-state index contributed by atoms with van der Waals surface area (Å²) >= 11 is -4.25. The molecule has 5 rings (SSSR count). The van der Waals surface area contributed by atoms with Crippen LogP contribution < -0.4 is 34.6 Å². The van der Waals surface area contributed by atoms with Crippen LogP contribution in [0.4, 0.5) is 0 Å². The molecule has 0 bridgehead atoms. The first-order valence-corrected chi connectivity index (χ1v) is 16.9. The molecule has 0 nitrogen and oxygen atoms in total. The van der Waals surface area contributed by atoms with Crippen molar-refractivity contribution in [3.63, 3.8) is 0 Å². The SMILES string of the molecule is C1=CC[C]([Zr+2]([C]2=PC=C2)([c]2ccccc2)([c]2ccccc2)[c]2ccccc2)=C1.[Cl-].[Cl-]. The second kappa shape index (κ2) is 9.34. The topological polar surface area (TPSA) is 0 Å². The Balaban J connectivity index is 0.00000128.